The first-order chi connectivity index (χ1) is 13.4. The lowest BCUT2D eigenvalue weighted by Gasteiger charge is -2.41. The molecule has 0 unspecified atom stereocenters. The van der Waals surface area contributed by atoms with E-state index < -0.39 is 22.7 Å². The van der Waals surface area contributed by atoms with Gasteiger partial charge >= 0.3 is 5.97 Å². The molecule has 2 aromatic rings. The molecule has 2 aliphatic carbocycles. The maximum Gasteiger partial charge on any atom is 0.338 e. The van der Waals surface area contributed by atoms with E-state index in [1.54, 1.807) is 12.1 Å². The number of nitro groups is 1. The molecule has 0 spiro atoms. The molecule has 0 N–H and O–H groups in total. The molecular formula is C20H19FN2O5. The summed E-state index contributed by atoms with van der Waals surface area (Å²) in [6.07, 6.45) is 4.38. The Kier molecular flexibility index (Phi) is 4.70. The number of halogens is 1. The predicted octanol–water partition coefficient (Wildman–Crippen LogP) is 4.11. The Labute approximate surface area is 160 Å². The standard InChI is InChI=1S/C20H19FN2O5/c21-20(14-8-9-22-18(10-14)27-16-2-1-3-16)11-17(12-20)28-19(24)13-4-6-15(7-5-13)23(25)26/h4-10,16-17H,1-3,11-12H2. The van der Waals surface area contributed by atoms with E-state index >= 15 is 4.39 Å². The minimum absolute atomic E-state index is 0.0542. The van der Waals surface area contributed by atoms with E-state index in [2.05, 4.69) is 4.98 Å². The molecule has 146 valence electrons. The zero-order valence-electron chi connectivity index (χ0n) is 15.0. The number of hydrogen-bond acceptors (Lipinski definition) is 6. The van der Waals surface area contributed by atoms with Crippen LogP contribution >= 0.6 is 0 Å². The largest absolute Gasteiger partial charge is 0.474 e. The van der Waals surface area contributed by atoms with E-state index in [1.807, 2.05) is 0 Å². The molecule has 0 radical (unpaired) electrons. The van der Waals surface area contributed by atoms with Gasteiger partial charge in [0.25, 0.3) is 5.69 Å². The van der Waals surface area contributed by atoms with Gasteiger partial charge in [0.15, 0.2) is 0 Å². The number of esters is 1. The number of pyridine rings is 1. The minimum Gasteiger partial charge on any atom is -0.474 e. The first-order valence-electron chi connectivity index (χ1n) is 9.20. The van der Waals surface area contributed by atoms with E-state index in [-0.39, 0.29) is 30.2 Å². The van der Waals surface area contributed by atoms with Gasteiger partial charge in [-0.15, -0.1) is 0 Å². The first kappa shape index (κ1) is 18.3. The number of aromatic nitrogens is 1. The van der Waals surface area contributed by atoms with Crippen molar-refractivity contribution in [3.63, 3.8) is 0 Å². The molecular weight excluding hydrogens is 367 g/mol. The summed E-state index contributed by atoms with van der Waals surface area (Å²) in [5.74, 6) is -0.198. The third kappa shape index (κ3) is 3.67. The zero-order valence-corrected chi connectivity index (χ0v) is 15.0. The average Bonchev–Trinajstić information content (AvgIpc) is 2.63. The van der Waals surface area contributed by atoms with E-state index in [0.29, 0.717) is 11.4 Å². The van der Waals surface area contributed by atoms with Crippen LogP contribution in [0.5, 0.6) is 5.88 Å². The molecule has 0 saturated heterocycles. The predicted molar refractivity (Wildman–Crippen MR) is 96.8 cm³/mol. The van der Waals surface area contributed by atoms with Crippen molar-refractivity contribution >= 4 is 11.7 Å². The SMILES string of the molecule is O=C(OC1CC(F)(c2ccnc(OC3CCC3)c2)C1)c1ccc([N+](=O)[O-])cc1. The third-order valence-electron chi connectivity index (χ3n) is 5.28. The first-order valence-corrected chi connectivity index (χ1v) is 9.20. The van der Waals surface area contributed by atoms with Crippen molar-refractivity contribution in [1.82, 2.24) is 4.98 Å². The minimum atomic E-state index is -1.58. The van der Waals surface area contributed by atoms with Crippen LogP contribution in [0, 0.1) is 10.1 Å². The molecule has 8 heteroatoms. The van der Waals surface area contributed by atoms with Crippen LogP contribution < -0.4 is 4.74 Å². The molecule has 0 atom stereocenters. The Morgan fingerprint density at radius 2 is 1.89 bits per heavy atom. The Morgan fingerprint density at radius 1 is 1.18 bits per heavy atom. The van der Waals surface area contributed by atoms with E-state index in [1.165, 1.54) is 30.5 Å². The molecule has 7 nitrogen and oxygen atoms in total. The molecule has 1 heterocycles. The number of hydrogen-bond donors (Lipinski definition) is 0. The van der Waals surface area contributed by atoms with Crippen LogP contribution in [0.25, 0.3) is 0 Å². The number of ether oxygens (including phenoxy) is 2. The molecule has 28 heavy (non-hydrogen) atoms. The van der Waals surface area contributed by atoms with Gasteiger partial charge in [-0.1, -0.05) is 0 Å². The van der Waals surface area contributed by atoms with Gasteiger partial charge < -0.3 is 9.47 Å². The second-order valence-electron chi connectivity index (χ2n) is 7.26. The van der Waals surface area contributed by atoms with Crippen molar-refractivity contribution in [2.24, 2.45) is 0 Å². The van der Waals surface area contributed by atoms with Crippen molar-refractivity contribution < 1.29 is 23.6 Å². The quantitative estimate of drug-likeness (QED) is 0.422. The van der Waals surface area contributed by atoms with Gasteiger partial charge in [0.1, 0.15) is 17.9 Å². The van der Waals surface area contributed by atoms with Crippen LogP contribution in [0.3, 0.4) is 0 Å². The second kappa shape index (κ2) is 7.18. The lowest BCUT2D eigenvalue weighted by atomic mass is 9.74. The van der Waals surface area contributed by atoms with Crippen LogP contribution in [0.15, 0.2) is 42.6 Å². The Balaban J connectivity index is 1.34. The fourth-order valence-electron chi connectivity index (χ4n) is 3.33. The number of benzene rings is 1. The Morgan fingerprint density at radius 3 is 2.50 bits per heavy atom. The fourth-order valence-corrected chi connectivity index (χ4v) is 3.33. The summed E-state index contributed by atoms with van der Waals surface area (Å²) in [6, 6.07) is 8.35. The van der Waals surface area contributed by atoms with Gasteiger partial charge in [0.05, 0.1) is 10.5 Å². The fraction of sp³-hybridized carbons (Fsp3) is 0.400. The highest BCUT2D eigenvalue weighted by atomic mass is 19.1. The molecule has 1 aromatic heterocycles. The number of non-ortho nitro benzene ring substituents is 1. The Hall–Kier alpha value is -3.03. The number of carbonyl (C=O) groups is 1. The van der Waals surface area contributed by atoms with Gasteiger partial charge in [0.2, 0.25) is 5.88 Å². The van der Waals surface area contributed by atoms with Crippen molar-refractivity contribution in [3.8, 4) is 5.88 Å². The highest BCUT2D eigenvalue weighted by Crippen LogP contribution is 2.47. The maximum atomic E-state index is 15.1. The van der Waals surface area contributed by atoms with Crippen LogP contribution in [-0.4, -0.2) is 28.1 Å². The number of nitrogens with zero attached hydrogens (tertiary/aromatic N) is 2. The van der Waals surface area contributed by atoms with Gasteiger partial charge in [-0.25, -0.2) is 14.2 Å². The highest BCUT2D eigenvalue weighted by molar-refractivity contribution is 5.89. The van der Waals surface area contributed by atoms with Crippen LogP contribution in [-0.2, 0) is 10.4 Å². The van der Waals surface area contributed by atoms with Gasteiger partial charge in [-0.2, -0.15) is 0 Å². The van der Waals surface area contributed by atoms with Crippen LogP contribution in [0.4, 0.5) is 10.1 Å². The molecule has 2 saturated carbocycles. The lowest BCUT2D eigenvalue weighted by molar-refractivity contribution is -0.384. The molecule has 2 aliphatic rings. The number of alkyl halides is 1. The Bertz CT molecular complexity index is 892. The van der Waals surface area contributed by atoms with Gasteiger partial charge in [-0.3, -0.25) is 10.1 Å². The van der Waals surface area contributed by atoms with E-state index in [4.69, 9.17) is 9.47 Å². The topological polar surface area (TPSA) is 91.6 Å². The summed E-state index contributed by atoms with van der Waals surface area (Å²) in [6.45, 7) is 0. The average molecular weight is 386 g/mol. The van der Waals surface area contributed by atoms with Crippen molar-refractivity contribution in [2.45, 2.75) is 50.0 Å². The molecule has 0 amide bonds. The maximum absolute atomic E-state index is 15.1. The zero-order chi connectivity index (χ0) is 19.7. The van der Waals surface area contributed by atoms with E-state index in [9.17, 15) is 14.9 Å². The summed E-state index contributed by atoms with van der Waals surface area (Å²) >= 11 is 0. The summed E-state index contributed by atoms with van der Waals surface area (Å²) in [5, 5.41) is 10.7. The van der Waals surface area contributed by atoms with Crippen molar-refractivity contribution in [2.75, 3.05) is 0 Å². The van der Waals surface area contributed by atoms with Crippen LogP contribution in [0.1, 0.15) is 48.0 Å². The lowest BCUT2D eigenvalue weighted by Crippen LogP contribution is -2.43. The van der Waals surface area contributed by atoms with Crippen LogP contribution in [0.2, 0.25) is 0 Å². The molecule has 0 bridgehead atoms. The van der Waals surface area contributed by atoms with Gasteiger partial charge in [-0.05, 0) is 43.0 Å². The summed E-state index contributed by atoms with van der Waals surface area (Å²) in [7, 11) is 0. The third-order valence-corrected chi connectivity index (χ3v) is 5.28. The second-order valence-corrected chi connectivity index (χ2v) is 7.26. The monoisotopic (exact) mass is 386 g/mol. The summed E-state index contributed by atoms with van der Waals surface area (Å²) in [5.41, 5.74) is -1.02. The van der Waals surface area contributed by atoms with Crippen molar-refractivity contribution in [3.05, 3.63) is 63.8 Å². The molecule has 1 aromatic carbocycles. The highest BCUT2D eigenvalue weighted by Gasteiger charge is 2.48. The normalized spacial score (nSPS) is 24.0. The molecule has 4 rings (SSSR count). The van der Waals surface area contributed by atoms with E-state index in [0.717, 1.165) is 19.3 Å². The molecule has 2 fully saturated rings. The molecule has 0 aliphatic heterocycles. The number of nitro benzene ring substituents is 1. The summed E-state index contributed by atoms with van der Waals surface area (Å²) < 4.78 is 26.2. The van der Waals surface area contributed by atoms with Crippen molar-refractivity contribution in [1.29, 1.82) is 0 Å². The smallest absolute Gasteiger partial charge is 0.338 e. The number of rotatable bonds is 6. The summed E-state index contributed by atoms with van der Waals surface area (Å²) in [4.78, 5) is 26.4. The van der Waals surface area contributed by atoms with Gasteiger partial charge in [0, 0.05) is 37.2 Å². The number of carbonyl (C=O) groups excluding carboxylic acids is 1.